The van der Waals surface area contributed by atoms with Gasteiger partial charge in [-0.05, 0) is 169 Å². The predicted octanol–water partition coefficient (Wildman–Crippen LogP) is 9.47. The van der Waals surface area contributed by atoms with Crippen molar-refractivity contribution in [3.63, 3.8) is 0 Å². The highest BCUT2D eigenvalue weighted by Crippen LogP contribution is 2.68. The lowest BCUT2D eigenvalue weighted by Crippen LogP contribution is -2.57. The molecule has 2 unspecified atom stereocenters. The second-order valence-corrected chi connectivity index (χ2v) is 24.0. The van der Waals surface area contributed by atoms with Gasteiger partial charge < -0.3 is 38.6 Å². The molecule has 0 amide bonds. The van der Waals surface area contributed by atoms with Crippen molar-refractivity contribution >= 4 is 40.1 Å². The molecule has 3 aliphatic heterocycles. The van der Waals surface area contributed by atoms with Gasteiger partial charge in [0.2, 0.25) is 0 Å². The summed E-state index contributed by atoms with van der Waals surface area (Å²) in [5.74, 6) is 0.511. The summed E-state index contributed by atoms with van der Waals surface area (Å²) >= 11 is 0. The van der Waals surface area contributed by atoms with Crippen LogP contribution < -0.4 is 15.2 Å². The van der Waals surface area contributed by atoms with Crippen molar-refractivity contribution in [1.29, 1.82) is 0 Å². The number of anilines is 1. The smallest absolute Gasteiger partial charge is 0.343 e. The average Bonchev–Trinajstić information content (AvgIpc) is 4.07. The molecule has 77 heavy (non-hydrogen) atoms. The molecule has 2 saturated carbocycles. The van der Waals surface area contributed by atoms with Gasteiger partial charge in [0, 0.05) is 85.7 Å². The molecule has 0 bridgehead atoms. The summed E-state index contributed by atoms with van der Waals surface area (Å²) in [6.45, 7) is 11.9. The minimum absolute atomic E-state index is 0.0482. The summed E-state index contributed by atoms with van der Waals surface area (Å²) in [5, 5.41) is 12.3. The van der Waals surface area contributed by atoms with Gasteiger partial charge in [-0.2, -0.15) is 0 Å². The number of hydrogen-bond acceptors (Lipinski definition) is 13. The number of rotatable bonds is 16. The molecule has 5 heterocycles. The van der Waals surface area contributed by atoms with Crippen molar-refractivity contribution in [2.24, 2.45) is 17.3 Å². The molecule has 4 aromatic rings. The number of benzene rings is 2. The molecule has 1 saturated heterocycles. The maximum Gasteiger partial charge on any atom is 0.343 e. The molecule has 2 aromatic carbocycles. The number of esters is 2. The second-order valence-electron chi connectivity index (χ2n) is 24.0. The van der Waals surface area contributed by atoms with E-state index in [0.717, 1.165) is 112 Å². The van der Waals surface area contributed by atoms with E-state index in [2.05, 4.69) is 73.1 Å². The van der Waals surface area contributed by atoms with E-state index in [1.807, 2.05) is 18.2 Å². The number of carbonyl (C=O) groups is 4. The Balaban J connectivity index is 0.682. The number of piperidine rings is 1. The number of cyclic esters (lactones) is 1. The van der Waals surface area contributed by atoms with Crippen molar-refractivity contribution in [3.8, 4) is 17.1 Å². The van der Waals surface area contributed by atoms with Crippen molar-refractivity contribution < 1.29 is 38.5 Å². The van der Waals surface area contributed by atoms with Crippen LogP contribution in [0.5, 0.6) is 5.75 Å². The van der Waals surface area contributed by atoms with Crippen LogP contribution in [-0.2, 0) is 53.9 Å². The minimum Gasteiger partial charge on any atom is -0.490 e. The number of ether oxygens (including phenoxy) is 3. The number of aliphatic hydroxyl groups is 1. The number of carbonyl (C=O) groups excluding carboxylic acids is 4. The summed E-state index contributed by atoms with van der Waals surface area (Å²) in [6.07, 6.45) is 13.9. The standard InChI is InChI=1S/C63H77N5O9/c1-8-62(74)53-33-55-58-42(35-68(55)59(72)51(53)37-75-60(62)73)32-48-50(36-65(5)6)56(22-21-54(48)64-58)76-45-24-29-67(30-25-45)28-12-10-9-11-27-66(7)43-16-13-40(14-17-43)49-34-61(4)52(23-26-63(61,38(2)69)77-39(3)70)47-19-15-41-31-44(71)18-20-46(41)57(47)49/h13-14,16-17,21-22,31-33,45,47,49,52,74H,8-12,15,18-20,23-30,34-37H2,1-7H3/t47?,49-,52?,61+,62+,63+/m1/s1. The Morgan fingerprint density at radius 2 is 1.69 bits per heavy atom. The van der Waals surface area contributed by atoms with E-state index in [1.54, 1.807) is 24.5 Å². The van der Waals surface area contributed by atoms with Crippen LogP contribution in [0, 0.1) is 17.3 Å². The first kappa shape index (κ1) is 53.1. The zero-order chi connectivity index (χ0) is 54.1. The monoisotopic (exact) mass is 1050 g/mol. The molecule has 408 valence electrons. The number of pyridine rings is 2. The Kier molecular flexibility index (Phi) is 14.3. The molecule has 11 rings (SSSR count). The lowest BCUT2D eigenvalue weighted by atomic mass is 9.50. The molecule has 0 spiro atoms. The molecule has 4 aliphatic carbocycles. The van der Waals surface area contributed by atoms with E-state index in [1.165, 1.54) is 47.7 Å². The first-order valence-corrected chi connectivity index (χ1v) is 28.6. The van der Waals surface area contributed by atoms with Crippen molar-refractivity contribution in [2.75, 3.05) is 52.2 Å². The largest absolute Gasteiger partial charge is 0.490 e. The number of hydrogen-bond donors (Lipinski definition) is 1. The Bertz CT molecular complexity index is 3170. The number of aromatic nitrogens is 2. The van der Waals surface area contributed by atoms with Gasteiger partial charge in [0.25, 0.3) is 5.56 Å². The lowest BCUT2D eigenvalue weighted by Gasteiger charge is -2.55. The molecule has 3 fully saturated rings. The van der Waals surface area contributed by atoms with Crippen LogP contribution in [0.3, 0.4) is 0 Å². The van der Waals surface area contributed by atoms with Gasteiger partial charge in [-0.15, -0.1) is 0 Å². The lowest BCUT2D eigenvalue weighted by molar-refractivity contribution is -0.182. The topological polar surface area (TPSA) is 161 Å². The molecule has 7 aliphatic rings. The van der Waals surface area contributed by atoms with Crippen molar-refractivity contribution in [1.82, 2.24) is 19.4 Å². The molecular weight excluding hydrogens is 971 g/mol. The highest BCUT2D eigenvalue weighted by molar-refractivity contribution is 5.93. The average molecular weight is 1050 g/mol. The predicted molar refractivity (Wildman–Crippen MR) is 296 cm³/mol. The van der Waals surface area contributed by atoms with E-state index >= 15 is 0 Å². The first-order valence-electron chi connectivity index (χ1n) is 28.6. The normalized spacial score (nSPS) is 26.8. The summed E-state index contributed by atoms with van der Waals surface area (Å²) in [6, 6.07) is 17.0. The minimum atomic E-state index is -1.87. The van der Waals surface area contributed by atoms with Gasteiger partial charge in [-0.3, -0.25) is 19.2 Å². The van der Waals surface area contributed by atoms with E-state index in [4.69, 9.17) is 19.2 Å². The van der Waals surface area contributed by atoms with E-state index in [-0.39, 0.29) is 54.0 Å². The van der Waals surface area contributed by atoms with Gasteiger partial charge in [-0.1, -0.05) is 44.4 Å². The van der Waals surface area contributed by atoms with Gasteiger partial charge in [-0.25, -0.2) is 9.78 Å². The van der Waals surface area contributed by atoms with E-state index in [0.29, 0.717) is 48.4 Å². The van der Waals surface area contributed by atoms with Crippen LogP contribution in [0.2, 0.25) is 0 Å². The second kappa shape index (κ2) is 20.7. The molecular formula is C63H77N5O9. The Hall–Kier alpha value is -5.96. The molecule has 0 radical (unpaired) electrons. The fourth-order valence-corrected chi connectivity index (χ4v) is 15.2. The summed E-state index contributed by atoms with van der Waals surface area (Å²) in [4.78, 5) is 77.5. The van der Waals surface area contributed by atoms with E-state index in [9.17, 15) is 29.1 Å². The van der Waals surface area contributed by atoms with Crippen molar-refractivity contribution in [3.05, 3.63) is 109 Å². The fraction of sp³-hybridized carbons (Fsp3) is 0.556. The number of Topliss-reactive ketones (excluding diaryl/α,β-unsaturated/α-hetero) is 1. The summed E-state index contributed by atoms with van der Waals surface area (Å²) in [5.41, 5.74) is 7.41. The van der Waals surface area contributed by atoms with Gasteiger partial charge in [0.15, 0.2) is 22.8 Å². The molecule has 14 heteroatoms. The van der Waals surface area contributed by atoms with Gasteiger partial charge in [0.1, 0.15) is 18.5 Å². The number of allylic oxidation sites excluding steroid dienone is 4. The first-order chi connectivity index (χ1) is 36.9. The van der Waals surface area contributed by atoms with Gasteiger partial charge in [0.05, 0.1) is 29.0 Å². The number of ketones is 2. The highest BCUT2D eigenvalue weighted by atomic mass is 16.6. The maximum atomic E-state index is 13.8. The fourth-order valence-electron chi connectivity index (χ4n) is 15.2. The summed E-state index contributed by atoms with van der Waals surface area (Å²) in [7, 11) is 6.28. The molecule has 6 atom stereocenters. The van der Waals surface area contributed by atoms with Crippen LogP contribution in [0.25, 0.3) is 22.3 Å². The van der Waals surface area contributed by atoms with Gasteiger partial charge >= 0.3 is 11.9 Å². The van der Waals surface area contributed by atoms with Crippen LogP contribution in [0.1, 0.15) is 151 Å². The number of unbranched alkanes of at least 4 members (excludes halogenated alkanes) is 3. The highest BCUT2D eigenvalue weighted by Gasteiger charge is 2.67. The number of fused-ring (bicyclic) bond motifs is 9. The van der Waals surface area contributed by atoms with Crippen LogP contribution >= 0.6 is 0 Å². The molecule has 14 nitrogen and oxygen atoms in total. The zero-order valence-corrected chi connectivity index (χ0v) is 46.3. The zero-order valence-electron chi connectivity index (χ0n) is 46.3. The Labute approximate surface area is 452 Å². The third-order valence-electron chi connectivity index (χ3n) is 19.3. The molecule has 2 aromatic heterocycles. The van der Waals surface area contributed by atoms with E-state index < -0.39 is 28.6 Å². The third-order valence-corrected chi connectivity index (χ3v) is 19.3. The molecule has 1 N–H and O–H groups in total. The van der Waals surface area contributed by atoms with Crippen LogP contribution in [-0.4, -0.2) is 107 Å². The summed E-state index contributed by atoms with van der Waals surface area (Å²) < 4.78 is 19.9. The number of likely N-dealkylation sites (tertiary alicyclic amines) is 1. The van der Waals surface area contributed by atoms with Crippen LogP contribution in [0.15, 0.2) is 76.1 Å². The van der Waals surface area contributed by atoms with Crippen LogP contribution in [0.4, 0.5) is 5.69 Å². The SMILES string of the molecule is CC[C@@]1(O)C(=O)OCc2c1cc1n(c2=O)Cc2cc3c(CN(C)C)c(OC4CCN(CCCCCCN(C)c5ccc([C@H]6C[C@@]7(C)C(CC[C@]7(OC(C)=O)C(C)=O)C7CCC8=CC(=O)CCC8=C76)cc5)CC4)ccc3nc2-1. The maximum absolute atomic E-state index is 13.8. The van der Waals surface area contributed by atoms with Crippen molar-refractivity contribution in [2.45, 2.75) is 161 Å². The Morgan fingerprint density at radius 3 is 2.42 bits per heavy atom. The third kappa shape index (κ3) is 9.27. The quantitative estimate of drug-likeness (QED) is 0.0736. The number of nitrogens with zero attached hydrogens (tertiary/aromatic N) is 5. The Morgan fingerprint density at radius 1 is 0.922 bits per heavy atom.